The zero-order chi connectivity index (χ0) is 27.4. The summed E-state index contributed by atoms with van der Waals surface area (Å²) in [7, 11) is 1.59. The topological polar surface area (TPSA) is 96.8 Å². The van der Waals surface area contributed by atoms with Crippen LogP contribution in [0.5, 0.6) is 11.5 Å². The molecule has 4 aromatic rings. The Kier molecular flexibility index (Phi) is 7.90. The van der Waals surface area contributed by atoms with Gasteiger partial charge in [0.2, 0.25) is 0 Å². The first-order chi connectivity index (χ1) is 18.9. The monoisotopic (exact) mass is 548 g/mol. The molecule has 2 N–H and O–H groups in total. The second-order valence-electron chi connectivity index (χ2n) is 8.89. The van der Waals surface area contributed by atoms with Crippen molar-refractivity contribution in [1.29, 1.82) is 0 Å². The normalized spacial score (nSPS) is 13.4. The van der Waals surface area contributed by atoms with Crippen LogP contribution in [-0.4, -0.2) is 47.8 Å². The summed E-state index contributed by atoms with van der Waals surface area (Å²) in [6.07, 6.45) is 3.37. The van der Waals surface area contributed by atoms with Gasteiger partial charge < -0.3 is 24.8 Å². The average molecular weight is 549 g/mol. The Balaban J connectivity index is 1.35. The van der Waals surface area contributed by atoms with Gasteiger partial charge in [-0.2, -0.15) is 0 Å². The lowest BCUT2D eigenvalue weighted by molar-refractivity contribution is 0.0853. The Morgan fingerprint density at radius 2 is 2.05 bits per heavy atom. The van der Waals surface area contributed by atoms with Crippen molar-refractivity contribution in [2.75, 3.05) is 31.7 Å². The van der Waals surface area contributed by atoms with Crippen molar-refractivity contribution in [1.82, 2.24) is 15.3 Å². The van der Waals surface area contributed by atoms with Crippen molar-refractivity contribution in [3.63, 3.8) is 0 Å². The third-order valence-electron chi connectivity index (χ3n) is 6.45. The van der Waals surface area contributed by atoms with Gasteiger partial charge in [-0.3, -0.25) is 14.8 Å². The van der Waals surface area contributed by atoms with Crippen LogP contribution in [0.25, 0.3) is 11.3 Å². The number of phenols is 1. The first-order valence-electron chi connectivity index (χ1n) is 12.4. The number of nitrogens with one attached hydrogen (secondary N) is 1. The maximum absolute atomic E-state index is 14.6. The minimum atomic E-state index is -0.418. The third-order valence-corrected chi connectivity index (χ3v) is 6.68. The molecule has 2 aromatic carbocycles. The number of aromatic nitrogens is 2. The second kappa shape index (κ2) is 11.7. The number of para-hydroxylation sites is 1. The van der Waals surface area contributed by atoms with Crippen molar-refractivity contribution < 1.29 is 23.8 Å². The lowest BCUT2D eigenvalue weighted by Crippen LogP contribution is -2.29. The fourth-order valence-corrected chi connectivity index (χ4v) is 4.65. The Morgan fingerprint density at radius 1 is 1.21 bits per heavy atom. The maximum Gasteiger partial charge on any atom is 0.255 e. The lowest BCUT2D eigenvalue weighted by Gasteiger charge is -2.32. The molecule has 0 radical (unpaired) electrons. The molecule has 5 rings (SSSR count). The fraction of sp³-hybridized carbons (Fsp3) is 0.207. The Bertz CT molecular complexity index is 1500. The van der Waals surface area contributed by atoms with E-state index in [9.17, 15) is 14.3 Å². The molecule has 39 heavy (non-hydrogen) atoms. The van der Waals surface area contributed by atoms with E-state index in [1.165, 1.54) is 18.2 Å². The quantitative estimate of drug-likeness (QED) is 0.292. The number of phenolic OH excluding ortho intramolecular Hbond substituents is 1. The number of pyridine rings is 2. The van der Waals surface area contributed by atoms with E-state index in [-0.39, 0.29) is 23.3 Å². The van der Waals surface area contributed by atoms with Crippen molar-refractivity contribution in [3.05, 3.63) is 95.2 Å². The van der Waals surface area contributed by atoms with Gasteiger partial charge in [-0.05, 0) is 55.0 Å². The Hall–Kier alpha value is -4.21. The van der Waals surface area contributed by atoms with Crippen LogP contribution in [0.4, 0.5) is 15.8 Å². The molecule has 0 fully saturated rings. The van der Waals surface area contributed by atoms with Gasteiger partial charge in [0, 0.05) is 36.1 Å². The first-order valence-corrected chi connectivity index (χ1v) is 12.7. The highest BCUT2D eigenvalue weighted by Gasteiger charge is 2.23. The van der Waals surface area contributed by atoms with E-state index < -0.39 is 5.82 Å². The molecule has 0 bridgehead atoms. The number of anilines is 2. The van der Waals surface area contributed by atoms with Crippen LogP contribution in [0.3, 0.4) is 0 Å². The van der Waals surface area contributed by atoms with Crippen molar-refractivity contribution in [2.24, 2.45) is 0 Å². The van der Waals surface area contributed by atoms with Gasteiger partial charge in [0.1, 0.15) is 24.3 Å². The largest absolute Gasteiger partial charge is 0.507 e. The predicted molar refractivity (Wildman–Crippen MR) is 146 cm³/mol. The van der Waals surface area contributed by atoms with Gasteiger partial charge in [-0.25, -0.2) is 4.39 Å². The molecular formula is C29H26ClFN4O4. The van der Waals surface area contributed by atoms with Crippen LogP contribution in [0.15, 0.2) is 73.1 Å². The summed E-state index contributed by atoms with van der Waals surface area (Å²) >= 11 is 6.10. The van der Waals surface area contributed by atoms with E-state index in [1.807, 2.05) is 12.1 Å². The van der Waals surface area contributed by atoms with Crippen molar-refractivity contribution >= 4 is 28.9 Å². The predicted octanol–water partition coefficient (Wildman–Crippen LogP) is 5.68. The number of amides is 1. The fourth-order valence-electron chi connectivity index (χ4n) is 4.48. The van der Waals surface area contributed by atoms with Crippen LogP contribution in [0.2, 0.25) is 5.02 Å². The van der Waals surface area contributed by atoms with E-state index in [4.69, 9.17) is 21.1 Å². The van der Waals surface area contributed by atoms with Crippen LogP contribution < -0.4 is 15.0 Å². The van der Waals surface area contributed by atoms with Crippen molar-refractivity contribution in [2.45, 2.75) is 12.5 Å². The lowest BCUT2D eigenvalue weighted by atomic mass is 10.1. The van der Waals surface area contributed by atoms with E-state index in [1.54, 1.807) is 49.8 Å². The molecule has 0 saturated heterocycles. The number of hydrogen-bond donors (Lipinski definition) is 2. The number of nitrogens with zero attached hydrogens (tertiary/aromatic N) is 3. The highest BCUT2D eigenvalue weighted by molar-refractivity contribution is 6.30. The zero-order valence-corrected chi connectivity index (χ0v) is 21.9. The summed E-state index contributed by atoms with van der Waals surface area (Å²) in [6, 6.07) is 16.3. The summed E-state index contributed by atoms with van der Waals surface area (Å²) in [5.41, 5.74) is 3.24. The smallest absolute Gasteiger partial charge is 0.255 e. The molecule has 1 aliphatic heterocycles. The Morgan fingerprint density at radius 3 is 2.87 bits per heavy atom. The zero-order valence-electron chi connectivity index (χ0n) is 21.1. The highest BCUT2D eigenvalue weighted by atomic mass is 35.5. The molecule has 1 unspecified atom stereocenters. The summed E-state index contributed by atoms with van der Waals surface area (Å²) in [6.45, 7) is 1.33. The summed E-state index contributed by atoms with van der Waals surface area (Å²) in [5, 5.41) is 13.1. The molecule has 200 valence electrons. The molecule has 3 heterocycles. The maximum atomic E-state index is 14.6. The number of fused-ring (bicyclic) bond motifs is 1. The molecule has 2 aromatic heterocycles. The van der Waals surface area contributed by atoms with Crippen LogP contribution >= 0.6 is 11.6 Å². The number of benzene rings is 2. The average Bonchev–Trinajstić information content (AvgIpc) is 2.96. The van der Waals surface area contributed by atoms with Gasteiger partial charge in [0.25, 0.3) is 5.91 Å². The van der Waals surface area contributed by atoms with Crippen LogP contribution in [0, 0.1) is 5.82 Å². The minimum Gasteiger partial charge on any atom is -0.507 e. The Labute approximate surface area is 230 Å². The molecule has 1 amide bonds. The standard InChI is InChI=1S/C29H26ClFN4O4/c1-38-27(9-11-33-29(37)20-4-2-3-5-26(20)36)24-15-19(8-10-32-24)35-12-13-39-28-17-34-23(16-25(28)35)21-14-18(30)6-7-22(21)31/h2-8,10,14-17,27,36H,9,11-13H2,1H3,(H,33,37). The number of aromatic hydroxyl groups is 1. The molecule has 8 nitrogen and oxygen atoms in total. The van der Waals surface area contributed by atoms with Crippen LogP contribution in [-0.2, 0) is 4.74 Å². The molecule has 1 aliphatic rings. The van der Waals surface area contributed by atoms with E-state index in [2.05, 4.69) is 20.2 Å². The van der Waals surface area contributed by atoms with E-state index in [0.29, 0.717) is 53.8 Å². The van der Waals surface area contributed by atoms with Gasteiger partial charge in [0.05, 0.1) is 35.4 Å². The number of hydrogen-bond acceptors (Lipinski definition) is 7. The highest BCUT2D eigenvalue weighted by Crippen LogP contribution is 2.39. The van der Waals surface area contributed by atoms with Gasteiger partial charge >= 0.3 is 0 Å². The summed E-state index contributed by atoms with van der Waals surface area (Å²) in [4.78, 5) is 23.4. The molecule has 0 aliphatic carbocycles. The molecule has 1 atom stereocenters. The molecule has 0 spiro atoms. The van der Waals surface area contributed by atoms with E-state index >= 15 is 0 Å². The van der Waals surface area contributed by atoms with Gasteiger partial charge in [-0.15, -0.1) is 0 Å². The first kappa shape index (κ1) is 26.4. The summed E-state index contributed by atoms with van der Waals surface area (Å²) < 4.78 is 26.1. The van der Waals surface area contributed by atoms with Gasteiger partial charge in [-0.1, -0.05) is 23.7 Å². The third kappa shape index (κ3) is 5.79. The number of ether oxygens (including phenoxy) is 2. The summed E-state index contributed by atoms with van der Waals surface area (Å²) in [5.74, 6) is -0.273. The van der Waals surface area contributed by atoms with Gasteiger partial charge in [0.15, 0.2) is 5.75 Å². The molecule has 0 saturated carbocycles. The number of carbonyl (C=O) groups is 1. The second-order valence-corrected chi connectivity index (χ2v) is 9.32. The molecular weight excluding hydrogens is 523 g/mol. The minimum absolute atomic E-state index is 0.0742. The number of carbonyl (C=O) groups excluding carboxylic acids is 1. The SMILES string of the molecule is COC(CCNC(=O)c1ccccc1O)c1cc(N2CCOc3cnc(-c4cc(Cl)ccc4F)cc32)ccn1. The molecule has 10 heteroatoms. The van der Waals surface area contributed by atoms with Crippen LogP contribution in [0.1, 0.15) is 28.6 Å². The number of methoxy groups -OCH3 is 1. The van der Waals surface area contributed by atoms with E-state index in [0.717, 1.165) is 11.4 Å². The van der Waals surface area contributed by atoms with Crippen molar-refractivity contribution in [3.8, 4) is 22.8 Å². The number of halogens is 2. The number of rotatable bonds is 8.